The lowest BCUT2D eigenvalue weighted by Gasteiger charge is -2.24. The van der Waals surface area contributed by atoms with Gasteiger partial charge >= 0.3 is 11.9 Å². The normalized spacial score (nSPS) is 14.1. The lowest BCUT2D eigenvalue weighted by molar-refractivity contribution is -0.144. The first-order chi connectivity index (χ1) is 17.0. The highest BCUT2D eigenvalue weighted by Crippen LogP contribution is 2.11. The number of amides is 3. The van der Waals surface area contributed by atoms with E-state index in [-0.39, 0.29) is 25.0 Å². The van der Waals surface area contributed by atoms with E-state index in [1.54, 1.807) is 18.4 Å². The van der Waals surface area contributed by atoms with Gasteiger partial charge in [0.2, 0.25) is 17.7 Å². The Bertz CT molecular complexity index is 913. The van der Waals surface area contributed by atoms with E-state index in [9.17, 15) is 29.1 Å². The first-order valence-corrected chi connectivity index (χ1v) is 12.4. The lowest BCUT2D eigenvalue weighted by atomic mass is 10.0. The number of aliphatic hydroxyl groups is 1. The molecule has 1 aromatic carbocycles. The van der Waals surface area contributed by atoms with Gasteiger partial charge in [-0.3, -0.25) is 19.2 Å². The van der Waals surface area contributed by atoms with Gasteiger partial charge in [-0.25, -0.2) is 4.79 Å². The molecule has 13 nitrogen and oxygen atoms in total. The summed E-state index contributed by atoms with van der Waals surface area (Å²) >= 11 is 1.40. The summed E-state index contributed by atoms with van der Waals surface area (Å²) < 4.78 is 0. The number of phenols is 1. The fraction of sp³-hybridized carbons (Fsp3) is 0.500. The largest absolute Gasteiger partial charge is 0.508 e. The molecule has 14 heteroatoms. The van der Waals surface area contributed by atoms with Crippen molar-refractivity contribution in [3.05, 3.63) is 29.8 Å². The van der Waals surface area contributed by atoms with Crippen molar-refractivity contribution < 1.29 is 44.4 Å². The Hall–Kier alpha value is -3.36. The van der Waals surface area contributed by atoms with Crippen molar-refractivity contribution in [2.45, 2.75) is 49.9 Å². The zero-order valence-electron chi connectivity index (χ0n) is 19.7. The number of nitrogens with one attached hydrogen (secondary N) is 3. The average molecular weight is 529 g/mol. The minimum absolute atomic E-state index is 0.0562. The standard InChI is InChI=1S/C22H32N4O9S/c1-36-9-8-16(24-19(31)14(23)10-12-2-4-13(28)5-3-12)21(33)25-15(6-7-18(29)30)20(32)26-17(11-27)22(34)35/h2-5,14-17,27-28H,6-11,23H2,1H3,(H,24,31)(H,25,33)(H,26,32)(H,29,30)(H,34,35). The summed E-state index contributed by atoms with van der Waals surface area (Å²) in [5.74, 6) is -4.65. The monoisotopic (exact) mass is 528 g/mol. The molecule has 36 heavy (non-hydrogen) atoms. The third kappa shape index (κ3) is 10.9. The maximum Gasteiger partial charge on any atom is 0.328 e. The molecule has 1 rings (SSSR count). The van der Waals surface area contributed by atoms with Crippen molar-refractivity contribution in [1.82, 2.24) is 16.0 Å². The molecule has 3 amide bonds. The zero-order valence-corrected chi connectivity index (χ0v) is 20.5. The number of aliphatic carboxylic acids is 2. The molecule has 0 aliphatic heterocycles. The van der Waals surface area contributed by atoms with Gasteiger partial charge in [0.05, 0.1) is 12.6 Å². The topological polar surface area (TPSA) is 228 Å². The van der Waals surface area contributed by atoms with Crippen LogP contribution in [0.5, 0.6) is 5.75 Å². The molecular formula is C22H32N4O9S. The highest BCUT2D eigenvalue weighted by atomic mass is 32.2. The Morgan fingerprint density at radius 1 is 0.889 bits per heavy atom. The molecule has 0 saturated carbocycles. The maximum atomic E-state index is 13.0. The van der Waals surface area contributed by atoms with Crippen LogP contribution < -0.4 is 21.7 Å². The third-order valence-electron chi connectivity index (χ3n) is 5.05. The van der Waals surface area contributed by atoms with Crippen LogP contribution in [0, 0.1) is 0 Å². The summed E-state index contributed by atoms with van der Waals surface area (Å²) in [6, 6.07) is 0.889. The molecule has 0 bridgehead atoms. The highest BCUT2D eigenvalue weighted by Gasteiger charge is 2.30. The number of phenolic OH excluding ortho intramolecular Hbond substituents is 1. The number of carbonyl (C=O) groups is 5. The number of nitrogens with two attached hydrogens (primary N) is 1. The number of hydrogen-bond donors (Lipinski definition) is 8. The van der Waals surface area contributed by atoms with Gasteiger partial charge in [-0.1, -0.05) is 12.1 Å². The summed E-state index contributed by atoms with van der Waals surface area (Å²) in [5.41, 5.74) is 6.66. The molecule has 0 spiro atoms. The lowest BCUT2D eigenvalue weighted by Crippen LogP contribution is -2.57. The van der Waals surface area contributed by atoms with E-state index in [1.165, 1.54) is 23.9 Å². The van der Waals surface area contributed by atoms with Crippen molar-refractivity contribution >= 4 is 41.4 Å². The molecule has 0 aliphatic rings. The SMILES string of the molecule is CSCCC(NC(=O)C(N)Cc1ccc(O)cc1)C(=O)NC(CCC(=O)O)C(=O)NC(CO)C(=O)O. The van der Waals surface area contributed by atoms with Crippen LogP contribution in [-0.2, 0) is 30.4 Å². The highest BCUT2D eigenvalue weighted by molar-refractivity contribution is 7.98. The number of benzene rings is 1. The Labute approximate surface area is 211 Å². The Morgan fingerprint density at radius 2 is 1.42 bits per heavy atom. The van der Waals surface area contributed by atoms with Gasteiger partial charge in [0.25, 0.3) is 0 Å². The smallest absolute Gasteiger partial charge is 0.328 e. The molecular weight excluding hydrogens is 496 g/mol. The molecule has 4 atom stereocenters. The van der Waals surface area contributed by atoms with E-state index in [0.717, 1.165) is 0 Å². The van der Waals surface area contributed by atoms with Crippen LogP contribution >= 0.6 is 11.8 Å². The fourth-order valence-electron chi connectivity index (χ4n) is 3.03. The molecule has 0 saturated heterocycles. The molecule has 4 unspecified atom stereocenters. The van der Waals surface area contributed by atoms with Crippen molar-refractivity contribution in [1.29, 1.82) is 0 Å². The van der Waals surface area contributed by atoms with Crippen LogP contribution in [0.4, 0.5) is 0 Å². The molecule has 0 aromatic heterocycles. The van der Waals surface area contributed by atoms with Crippen LogP contribution in [0.3, 0.4) is 0 Å². The second-order valence-electron chi connectivity index (χ2n) is 7.90. The molecule has 9 N–H and O–H groups in total. The maximum absolute atomic E-state index is 13.0. The second-order valence-corrected chi connectivity index (χ2v) is 8.88. The average Bonchev–Trinajstić information content (AvgIpc) is 2.83. The summed E-state index contributed by atoms with van der Waals surface area (Å²) in [5, 5.41) is 43.5. The van der Waals surface area contributed by atoms with Gasteiger partial charge in [0.1, 0.15) is 23.9 Å². The minimum Gasteiger partial charge on any atom is -0.508 e. The Kier molecular flexibility index (Phi) is 13.3. The van der Waals surface area contributed by atoms with Gasteiger partial charge in [-0.05, 0) is 49.0 Å². The number of aromatic hydroxyl groups is 1. The van der Waals surface area contributed by atoms with E-state index in [1.807, 2.05) is 5.32 Å². The predicted octanol–water partition coefficient (Wildman–Crippen LogP) is -1.59. The molecule has 0 heterocycles. The van der Waals surface area contributed by atoms with E-state index in [0.29, 0.717) is 11.3 Å². The third-order valence-corrected chi connectivity index (χ3v) is 5.69. The first kappa shape index (κ1) is 30.7. The Morgan fingerprint density at radius 3 is 1.92 bits per heavy atom. The number of carboxylic acids is 2. The summed E-state index contributed by atoms with van der Waals surface area (Å²) in [7, 11) is 0. The number of rotatable bonds is 16. The van der Waals surface area contributed by atoms with Crippen molar-refractivity contribution in [2.75, 3.05) is 18.6 Å². The van der Waals surface area contributed by atoms with Crippen molar-refractivity contribution in [3.8, 4) is 5.75 Å². The van der Waals surface area contributed by atoms with Gasteiger partial charge in [0, 0.05) is 6.42 Å². The van der Waals surface area contributed by atoms with Gasteiger partial charge in [-0.15, -0.1) is 0 Å². The molecule has 0 radical (unpaired) electrons. The molecule has 0 aliphatic carbocycles. The number of aliphatic hydroxyl groups excluding tert-OH is 1. The zero-order chi connectivity index (χ0) is 27.3. The van der Waals surface area contributed by atoms with Crippen molar-refractivity contribution in [2.24, 2.45) is 5.73 Å². The summed E-state index contributed by atoms with van der Waals surface area (Å²) in [4.78, 5) is 60.3. The van der Waals surface area contributed by atoms with E-state index in [2.05, 4.69) is 10.6 Å². The molecule has 1 aromatic rings. The van der Waals surface area contributed by atoms with Crippen LogP contribution in [0.15, 0.2) is 24.3 Å². The summed E-state index contributed by atoms with van der Waals surface area (Å²) in [6.07, 6.45) is 1.23. The van der Waals surface area contributed by atoms with Crippen LogP contribution in [0.2, 0.25) is 0 Å². The van der Waals surface area contributed by atoms with Crippen molar-refractivity contribution in [3.63, 3.8) is 0 Å². The van der Waals surface area contributed by atoms with Crippen LogP contribution in [-0.4, -0.2) is 92.9 Å². The molecule has 0 fully saturated rings. The number of carboxylic acid groups (broad SMARTS) is 2. The van der Waals surface area contributed by atoms with Gasteiger partial charge in [0.15, 0.2) is 0 Å². The second kappa shape index (κ2) is 15.6. The number of thioether (sulfide) groups is 1. The first-order valence-electron chi connectivity index (χ1n) is 11.0. The van der Waals surface area contributed by atoms with Gasteiger partial charge in [-0.2, -0.15) is 11.8 Å². The number of hydrogen-bond acceptors (Lipinski definition) is 9. The minimum atomic E-state index is -1.65. The van der Waals surface area contributed by atoms with E-state index < -0.39 is 66.9 Å². The van der Waals surface area contributed by atoms with E-state index in [4.69, 9.17) is 21.1 Å². The van der Waals surface area contributed by atoms with Crippen LogP contribution in [0.1, 0.15) is 24.8 Å². The number of carbonyl (C=O) groups excluding carboxylic acids is 3. The molecule has 200 valence electrons. The van der Waals surface area contributed by atoms with Gasteiger partial charge < -0.3 is 42.1 Å². The quantitative estimate of drug-likeness (QED) is 0.122. The van der Waals surface area contributed by atoms with Crippen LogP contribution in [0.25, 0.3) is 0 Å². The Balaban J connectivity index is 2.94. The van der Waals surface area contributed by atoms with E-state index >= 15 is 0 Å². The fourth-order valence-corrected chi connectivity index (χ4v) is 3.50. The summed E-state index contributed by atoms with van der Waals surface area (Å²) in [6.45, 7) is -0.911. The predicted molar refractivity (Wildman–Crippen MR) is 130 cm³/mol.